The fourth-order valence-corrected chi connectivity index (χ4v) is 5.74. The summed E-state index contributed by atoms with van der Waals surface area (Å²) in [6.07, 6.45) is 3.21. The van der Waals surface area contributed by atoms with Crippen molar-refractivity contribution in [2.75, 3.05) is 11.9 Å². The normalized spacial score (nSPS) is 12.9. The fourth-order valence-electron chi connectivity index (χ4n) is 5.17. The van der Waals surface area contributed by atoms with E-state index in [1.807, 2.05) is 49.4 Å². The molecule has 1 N–H and O–H groups in total. The molecular formula is C30H27BrN4OS. The highest BCUT2D eigenvalue weighted by Crippen LogP contribution is 2.39. The minimum Gasteiger partial charge on any atom is -0.494 e. The molecule has 0 spiro atoms. The second-order valence-corrected chi connectivity index (χ2v) is 10.5. The van der Waals surface area contributed by atoms with E-state index in [4.69, 9.17) is 22.1 Å². The van der Waals surface area contributed by atoms with Gasteiger partial charge in [0.1, 0.15) is 22.1 Å². The maximum absolute atomic E-state index is 6.08. The molecule has 5 nitrogen and oxygen atoms in total. The topological polar surface area (TPSA) is 43.5 Å². The number of anilines is 1. The molecule has 3 heterocycles. The van der Waals surface area contributed by atoms with E-state index < -0.39 is 0 Å². The maximum atomic E-state index is 6.08. The largest absolute Gasteiger partial charge is 0.494 e. The van der Waals surface area contributed by atoms with Crippen LogP contribution in [0, 0.1) is 0 Å². The summed E-state index contributed by atoms with van der Waals surface area (Å²) in [7, 11) is 0. The summed E-state index contributed by atoms with van der Waals surface area (Å²) in [4.78, 5) is 0.650. The van der Waals surface area contributed by atoms with Crippen LogP contribution in [0.15, 0.2) is 83.3 Å². The van der Waals surface area contributed by atoms with Gasteiger partial charge in [0, 0.05) is 33.4 Å². The molecule has 0 saturated carbocycles. The van der Waals surface area contributed by atoms with Gasteiger partial charge >= 0.3 is 0 Å². The van der Waals surface area contributed by atoms with Gasteiger partial charge in [-0.1, -0.05) is 70.6 Å². The first-order chi connectivity index (χ1) is 18.1. The van der Waals surface area contributed by atoms with Crippen molar-refractivity contribution in [1.29, 1.82) is 0 Å². The van der Waals surface area contributed by atoms with Gasteiger partial charge in [-0.05, 0) is 68.1 Å². The molecule has 1 aliphatic heterocycles. The second-order valence-electron chi connectivity index (χ2n) is 9.15. The maximum Gasteiger partial charge on any atom is 0.162 e. The quantitative estimate of drug-likeness (QED) is 0.212. The number of aryl methyl sites for hydroxylation is 2. The van der Waals surface area contributed by atoms with Crippen LogP contribution in [0.4, 0.5) is 5.69 Å². The number of thiocarbonyl (C=S) groups is 1. The van der Waals surface area contributed by atoms with Crippen LogP contribution in [0.25, 0.3) is 28.2 Å². The third kappa shape index (κ3) is 4.47. The number of hydrogen-bond donors (Lipinski definition) is 1. The van der Waals surface area contributed by atoms with E-state index in [-0.39, 0.29) is 0 Å². The van der Waals surface area contributed by atoms with Crippen LogP contribution in [0.1, 0.15) is 31.0 Å². The highest BCUT2D eigenvalue weighted by atomic mass is 79.9. The predicted molar refractivity (Wildman–Crippen MR) is 158 cm³/mol. The summed E-state index contributed by atoms with van der Waals surface area (Å²) in [6.45, 7) is 3.57. The highest BCUT2D eigenvalue weighted by molar-refractivity contribution is 9.10. The number of nitrogens with zero attached hydrogens (tertiary/aromatic N) is 3. The third-order valence-electron chi connectivity index (χ3n) is 6.79. The van der Waals surface area contributed by atoms with Gasteiger partial charge in [-0.3, -0.25) is 0 Å². The van der Waals surface area contributed by atoms with Crippen LogP contribution >= 0.6 is 28.1 Å². The molecule has 3 aromatic carbocycles. The Bertz CT molecular complexity index is 1570. The number of halogens is 1. The zero-order valence-electron chi connectivity index (χ0n) is 20.6. The summed E-state index contributed by atoms with van der Waals surface area (Å²) in [6, 6.07) is 26.8. The van der Waals surface area contributed by atoms with Crippen LogP contribution in [0.2, 0.25) is 0 Å². The predicted octanol–water partition coefficient (Wildman–Crippen LogP) is 7.75. The highest BCUT2D eigenvalue weighted by Gasteiger charge is 2.29. The lowest BCUT2D eigenvalue weighted by Crippen LogP contribution is -2.14. The van der Waals surface area contributed by atoms with Crippen molar-refractivity contribution in [1.82, 2.24) is 14.2 Å². The van der Waals surface area contributed by atoms with Crippen molar-refractivity contribution >= 4 is 44.5 Å². The van der Waals surface area contributed by atoms with E-state index in [0.29, 0.717) is 11.6 Å². The van der Waals surface area contributed by atoms with Gasteiger partial charge in [-0.25, -0.2) is 4.52 Å². The van der Waals surface area contributed by atoms with Crippen LogP contribution in [0.5, 0.6) is 5.75 Å². The SMILES string of the molecule is CCOc1ccc(-c2c3c4n(c(-c5ccccc5)nn4c2C(=S)Nc2ccc(Br)cc2)CCCC3)cc1. The monoisotopic (exact) mass is 570 g/mol. The first-order valence-electron chi connectivity index (χ1n) is 12.6. The van der Waals surface area contributed by atoms with Crippen molar-refractivity contribution in [3.05, 3.63) is 94.6 Å². The number of aromatic nitrogens is 3. The van der Waals surface area contributed by atoms with Crippen LogP contribution in [-0.2, 0) is 13.0 Å². The lowest BCUT2D eigenvalue weighted by molar-refractivity contribution is 0.340. The Balaban J connectivity index is 1.57. The van der Waals surface area contributed by atoms with Gasteiger partial charge in [0.2, 0.25) is 0 Å². The number of hydrogen-bond acceptors (Lipinski definition) is 3. The van der Waals surface area contributed by atoms with Gasteiger partial charge in [0.05, 0.1) is 6.61 Å². The van der Waals surface area contributed by atoms with Gasteiger partial charge in [0.25, 0.3) is 0 Å². The Hall–Kier alpha value is -3.42. The molecular weight excluding hydrogens is 544 g/mol. The Morgan fingerprint density at radius 3 is 2.46 bits per heavy atom. The molecule has 0 radical (unpaired) electrons. The smallest absolute Gasteiger partial charge is 0.162 e. The van der Waals surface area contributed by atoms with E-state index in [9.17, 15) is 0 Å². The molecule has 186 valence electrons. The van der Waals surface area contributed by atoms with Crippen LogP contribution < -0.4 is 10.1 Å². The molecule has 7 heteroatoms. The van der Waals surface area contributed by atoms with Gasteiger partial charge in [0.15, 0.2) is 5.82 Å². The van der Waals surface area contributed by atoms with Crippen molar-refractivity contribution in [3.63, 3.8) is 0 Å². The van der Waals surface area contributed by atoms with E-state index >= 15 is 0 Å². The minimum absolute atomic E-state index is 0.642. The Kier molecular flexibility index (Phi) is 6.57. The Labute approximate surface area is 230 Å². The minimum atomic E-state index is 0.642. The molecule has 0 atom stereocenters. The summed E-state index contributed by atoms with van der Waals surface area (Å²) in [5.41, 5.74) is 7.67. The van der Waals surface area contributed by atoms with Crippen LogP contribution in [-0.4, -0.2) is 25.8 Å². The number of ether oxygens (including phenoxy) is 1. The lowest BCUT2D eigenvalue weighted by Gasteiger charge is -2.12. The summed E-state index contributed by atoms with van der Waals surface area (Å²) >= 11 is 9.61. The number of rotatable bonds is 6. The summed E-state index contributed by atoms with van der Waals surface area (Å²) in [5.74, 6) is 1.84. The Morgan fingerprint density at radius 2 is 1.73 bits per heavy atom. The zero-order chi connectivity index (χ0) is 25.4. The van der Waals surface area contributed by atoms with Gasteiger partial charge in [-0.2, -0.15) is 0 Å². The number of benzene rings is 3. The first kappa shape index (κ1) is 23.9. The van der Waals surface area contributed by atoms with Gasteiger partial charge < -0.3 is 14.6 Å². The zero-order valence-corrected chi connectivity index (χ0v) is 23.0. The fraction of sp³-hybridized carbons (Fsp3) is 0.200. The molecule has 0 unspecified atom stereocenters. The van der Waals surface area contributed by atoms with Crippen LogP contribution in [0.3, 0.4) is 0 Å². The molecule has 0 fully saturated rings. The average Bonchev–Trinajstić information content (AvgIpc) is 3.34. The van der Waals surface area contributed by atoms with E-state index in [1.54, 1.807) is 0 Å². The van der Waals surface area contributed by atoms with Crippen molar-refractivity contribution in [2.24, 2.45) is 0 Å². The molecule has 1 aliphatic rings. The van der Waals surface area contributed by atoms with Crippen molar-refractivity contribution in [3.8, 4) is 28.3 Å². The molecule has 2 aromatic heterocycles. The summed E-state index contributed by atoms with van der Waals surface area (Å²) < 4.78 is 11.2. The molecule has 0 bridgehead atoms. The molecule has 0 amide bonds. The van der Waals surface area contributed by atoms with E-state index in [2.05, 4.69) is 66.7 Å². The molecule has 0 aliphatic carbocycles. The van der Waals surface area contributed by atoms with E-state index in [1.165, 1.54) is 5.56 Å². The second kappa shape index (κ2) is 10.1. The number of nitrogens with one attached hydrogen (secondary N) is 1. The molecule has 0 saturated heterocycles. The van der Waals surface area contributed by atoms with Crippen molar-refractivity contribution in [2.45, 2.75) is 32.7 Å². The molecule has 6 rings (SSSR count). The van der Waals surface area contributed by atoms with E-state index in [0.717, 1.165) is 75.6 Å². The standard InChI is InChI=1S/C30H27BrN4OS/c1-2-36-24-17-11-20(12-18-24)26-25-10-6-7-19-34-28(21-8-4-3-5-9-21)33-35(30(25)34)27(26)29(37)32-23-15-13-22(31)14-16-23/h3-5,8-9,11-18H,2,6-7,10,19H2,1H3,(H,32,37). The average molecular weight is 572 g/mol. The lowest BCUT2D eigenvalue weighted by atomic mass is 9.98. The molecule has 5 aromatic rings. The van der Waals surface area contributed by atoms with Gasteiger partial charge in [-0.15, -0.1) is 5.10 Å². The Morgan fingerprint density at radius 1 is 0.973 bits per heavy atom. The first-order valence-corrected chi connectivity index (χ1v) is 13.8. The molecule has 37 heavy (non-hydrogen) atoms. The van der Waals surface area contributed by atoms with Crippen molar-refractivity contribution < 1.29 is 4.74 Å². The summed E-state index contributed by atoms with van der Waals surface area (Å²) in [5, 5.41) is 8.66. The third-order valence-corrected chi connectivity index (χ3v) is 7.61.